The third-order valence-electron chi connectivity index (χ3n) is 4.16. The summed E-state index contributed by atoms with van der Waals surface area (Å²) < 4.78 is 51.5. The van der Waals surface area contributed by atoms with Gasteiger partial charge in [0.05, 0.1) is 5.56 Å². The number of hydrogen-bond acceptors (Lipinski definition) is 1. The number of alkyl halides is 3. The summed E-state index contributed by atoms with van der Waals surface area (Å²) in [6.45, 7) is 1.23. The molecule has 3 aromatic rings. The second kappa shape index (κ2) is 7.33. The highest BCUT2D eigenvalue weighted by molar-refractivity contribution is 5.82. The molecule has 0 aliphatic carbocycles. The predicted octanol–water partition coefficient (Wildman–Crippen LogP) is 5.47. The standard InChI is InChI=1S/C20H18F4N2/c1-26(13-16-5-2-4-15-9-10-25-19(15)16)11-3-6-14-7-8-17(12-18(14)21)20(22,23)24/h2-10,12,25H,11,13H2,1H3. The fourth-order valence-electron chi connectivity index (χ4n) is 2.84. The van der Waals surface area contributed by atoms with E-state index in [4.69, 9.17) is 0 Å². The van der Waals surface area contributed by atoms with Gasteiger partial charge in [0.2, 0.25) is 0 Å². The monoisotopic (exact) mass is 362 g/mol. The number of likely N-dealkylation sites (N-methyl/N-ethyl adjacent to an activating group) is 1. The lowest BCUT2D eigenvalue weighted by atomic mass is 10.1. The van der Waals surface area contributed by atoms with Crippen molar-refractivity contribution in [3.63, 3.8) is 0 Å². The van der Waals surface area contributed by atoms with Gasteiger partial charge < -0.3 is 4.98 Å². The molecule has 26 heavy (non-hydrogen) atoms. The molecule has 0 saturated heterocycles. The Bertz CT molecular complexity index is 925. The molecular formula is C20H18F4N2. The quantitative estimate of drug-likeness (QED) is 0.596. The van der Waals surface area contributed by atoms with Gasteiger partial charge in [-0.2, -0.15) is 13.2 Å². The van der Waals surface area contributed by atoms with Gasteiger partial charge in [-0.15, -0.1) is 0 Å². The van der Waals surface area contributed by atoms with E-state index in [2.05, 4.69) is 4.98 Å². The lowest BCUT2D eigenvalue weighted by Crippen LogP contribution is -2.17. The van der Waals surface area contributed by atoms with E-state index in [1.54, 1.807) is 6.08 Å². The van der Waals surface area contributed by atoms with Gasteiger partial charge in [0.15, 0.2) is 0 Å². The van der Waals surface area contributed by atoms with Crippen LogP contribution in [-0.2, 0) is 12.7 Å². The third kappa shape index (κ3) is 4.14. The molecule has 0 aliphatic heterocycles. The van der Waals surface area contributed by atoms with Crippen LogP contribution in [0.15, 0.2) is 54.7 Å². The molecule has 0 atom stereocenters. The molecule has 3 rings (SSSR count). The van der Waals surface area contributed by atoms with Gasteiger partial charge in [-0.3, -0.25) is 4.90 Å². The van der Waals surface area contributed by atoms with Crippen LogP contribution in [0.1, 0.15) is 16.7 Å². The van der Waals surface area contributed by atoms with Crippen LogP contribution >= 0.6 is 0 Å². The first-order chi connectivity index (χ1) is 12.3. The Morgan fingerprint density at radius 1 is 1.12 bits per heavy atom. The zero-order valence-electron chi connectivity index (χ0n) is 14.1. The van der Waals surface area contributed by atoms with Gasteiger partial charge in [0.1, 0.15) is 5.82 Å². The number of fused-ring (bicyclic) bond motifs is 1. The van der Waals surface area contributed by atoms with Crippen molar-refractivity contribution in [2.45, 2.75) is 12.7 Å². The maximum Gasteiger partial charge on any atom is 0.416 e. The molecule has 0 spiro atoms. The second-order valence-corrected chi connectivity index (χ2v) is 6.19. The molecule has 136 valence electrons. The van der Waals surface area contributed by atoms with E-state index in [1.165, 1.54) is 6.08 Å². The summed E-state index contributed by atoms with van der Waals surface area (Å²) in [6.07, 6.45) is 0.589. The number of nitrogens with zero attached hydrogens (tertiary/aromatic N) is 1. The van der Waals surface area contributed by atoms with Crippen LogP contribution in [0.4, 0.5) is 17.6 Å². The molecule has 0 amide bonds. The molecule has 0 saturated carbocycles. The number of halogens is 4. The Morgan fingerprint density at radius 2 is 1.92 bits per heavy atom. The summed E-state index contributed by atoms with van der Waals surface area (Å²) >= 11 is 0. The van der Waals surface area contributed by atoms with E-state index < -0.39 is 17.6 Å². The topological polar surface area (TPSA) is 19.0 Å². The number of aromatic nitrogens is 1. The zero-order valence-corrected chi connectivity index (χ0v) is 14.1. The molecule has 0 unspecified atom stereocenters. The molecule has 0 aliphatic rings. The van der Waals surface area contributed by atoms with Gasteiger partial charge in [-0.25, -0.2) is 4.39 Å². The summed E-state index contributed by atoms with van der Waals surface area (Å²) in [4.78, 5) is 5.25. The van der Waals surface area contributed by atoms with Crippen molar-refractivity contribution in [1.29, 1.82) is 0 Å². The van der Waals surface area contributed by atoms with E-state index in [0.717, 1.165) is 28.6 Å². The number of para-hydroxylation sites is 1. The molecule has 6 heteroatoms. The summed E-state index contributed by atoms with van der Waals surface area (Å²) in [5.74, 6) is -0.880. The maximum atomic E-state index is 13.8. The first-order valence-corrected chi connectivity index (χ1v) is 8.11. The lowest BCUT2D eigenvalue weighted by molar-refractivity contribution is -0.137. The Morgan fingerprint density at radius 3 is 2.65 bits per heavy atom. The van der Waals surface area contributed by atoms with Crippen molar-refractivity contribution >= 4 is 17.0 Å². The van der Waals surface area contributed by atoms with E-state index in [-0.39, 0.29) is 5.56 Å². The predicted molar refractivity (Wildman–Crippen MR) is 95.1 cm³/mol. The van der Waals surface area contributed by atoms with Crippen molar-refractivity contribution in [2.24, 2.45) is 0 Å². The van der Waals surface area contributed by atoms with Gasteiger partial charge in [0, 0.05) is 30.4 Å². The van der Waals surface area contributed by atoms with Crippen LogP contribution in [0, 0.1) is 5.82 Å². The van der Waals surface area contributed by atoms with Crippen molar-refractivity contribution in [3.05, 3.63) is 77.2 Å². The van der Waals surface area contributed by atoms with Crippen LogP contribution in [-0.4, -0.2) is 23.5 Å². The number of aromatic amines is 1. The van der Waals surface area contributed by atoms with Crippen molar-refractivity contribution in [1.82, 2.24) is 9.88 Å². The van der Waals surface area contributed by atoms with E-state index in [1.807, 2.05) is 42.4 Å². The maximum absolute atomic E-state index is 13.8. The molecule has 1 aromatic heterocycles. The van der Waals surface area contributed by atoms with Crippen LogP contribution in [0.3, 0.4) is 0 Å². The summed E-state index contributed by atoms with van der Waals surface area (Å²) in [5, 5.41) is 1.14. The van der Waals surface area contributed by atoms with Gasteiger partial charge in [-0.05, 0) is 36.2 Å². The van der Waals surface area contributed by atoms with Crippen LogP contribution in [0.25, 0.3) is 17.0 Å². The van der Waals surface area contributed by atoms with Gasteiger partial charge in [0.25, 0.3) is 0 Å². The van der Waals surface area contributed by atoms with Gasteiger partial charge in [-0.1, -0.05) is 36.4 Å². The molecule has 0 radical (unpaired) electrons. The van der Waals surface area contributed by atoms with E-state index in [0.29, 0.717) is 19.2 Å². The third-order valence-corrected chi connectivity index (χ3v) is 4.16. The molecule has 1 heterocycles. The summed E-state index contributed by atoms with van der Waals surface area (Å²) in [5.41, 5.74) is 1.38. The first-order valence-electron chi connectivity index (χ1n) is 8.11. The van der Waals surface area contributed by atoms with Crippen molar-refractivity contribution in [3.8, 4) is 0 Å². The second-order valence-electron chi connectivity index (χ2n) is 6.19. The van der Waals surface area contributed by atoms with Crippen LogP contribution in [0.5, 0.6) is 0 Å². The van der Waals surface area contributed by atoms with Crippen molar-refractivity contribution < 1.29 is 17.6 Å². The minimum atomic E-state index is -4.54. The largest absolute Gasteiger partial charge is 0.416 e. The number of benzene rings is 2. The fourth-order valence-corrected chi connectivity index (χ4v) is 2.84. The Labute approximate surface area is 148 Å². The minimum absolute atomic E-state index is 0.137. The van der Waals surface area contributed by atoms with Crippen molar-refractivity contribution in [2.75, 3.05) is 13.6 Å². The average Bonchev–Trinajstić information content (AvgIpc) is 3.05. The molecule has 2 aromatic carbocycles. The first kappa shape index (κ1) is 18.2. The number of rotatable bonds is 5. The molecule has 2 nitrogen and oxygen atoms in total. The molecule has 1 N–H and O–H groups in total. The molecular weight excluding hydrogens is 344 g/mol. The number of nitrogens with one attached hydrogen (secondary N) is 1. The highest BCUT2D eigenvalue weighted by Crippen LogP contribution is 2.30. The van der Waals surface area contributed by atoms with Crippen LogP contribution < -0.4 is 0 Å². The SMILES string of the molecule is CN(CC=Cc1ccc(C(F)(F)F)cc1F)Cc1cccc2cc[nH]c12. The Kier molecular flexibility index (Phi) is 5.13. The van der Waals surface area contributed by atoms with E-state index >= 15 is 0 Å². The normalized spacial score (nSPS) is 12.5. The lowest BCUT2D eigenvalue weighted by Gasteiger charge is -2.15. The van der Waals surface area contributed by atoms with E-state index in [9.17, 15) is 17.6 Å². The molecule has 0 bridgehead atoms. The zero-order chi connectivity index (χ0) is 18.7. The summed E-state index contributed by atoms with van der Waals surface area (Å²) in [7, 11) is 1.93. The Balaban J connectivity index is 1.64. The number of hydrogen-bond donors (Lipinski definition) is 1. The smallest absolute Gasteiger partial charge is 0.361 e. The highest BCUT2D eigenvalue weighted by Gasteiger charge is 2.30. The Hall–Kier alpha value is -2.60. The minimum Gasteiger partial charge on any atom is -0.361 e. The fraction of sp³-hybridized carbons (Fsp3) is 0.200. The van der Waals surface area contributed by atoms with Gasteiger partial charge >= 0.3 is 6.18 Å². The number of H-pyrrole nitrogens is 1. The molecule has 0 fully saturated rings. The van der Waals surface area contributed by atoms with Crippen LogP contribution in [0.2, 0.25) is 0 Å². The highest BCUT2D eigenvalue weighted by atomic mass is 19.4. The average molecular weight is 362 g/mol. The summed E-state index contributed by atoms with van der Waals surface area (Å²) in [6, 6.07) is 10.6.